The molecular weight excluding hydrogens is 482 g/mol. The lowest BCUT2D eigenvalue weighted by Crippen LogP contribution is -1.96. The molecule has 0 aliphatic carbocycles. The summed E-state index contributed by atoms with van der Waals surface area (Å²) in [6, 6.07) is 39.0. The quantitative estimate of drug-likeness (QED) is 0.221. The Hall–Kier alpha value is -4.80. The van der Waals surface area contributed by atoms with Gasteiger partial charge in [0.25, 0.3) is 0 Å². The van der Waals surface area contributed by atoms with Crippen molar-refractivity contribution in [3.63, 3.8) is 0 Å². The van der Waals surface area contributed by atoms with Crippen molar-refractivity contribution in [1.82, 2.24) is 14.5 Å². The van der Waals surface area contributed by atoms with Crippen LogP contribution in [0.25, 0.3) is 80.7 Å². The lowest BCUT2D eigenvalue weighted by molar-refractivity contribution is 1.15. The zero-order valence-electron chi connectivity index (χ0n) is 20.2. The smallest absolute Gasteiger partial charge is 0.159 e. The molecule has 0 saturated heterocycles. The number of fused-ring (bicyclic) bond motifs is 6. The van der Waals surface area contributed by atoms with Gasteiger partial charge < -0.3 is 4.57 Å². The summed E-state index contributed by atoms with van der Waals surface area (Å²) in [4.78, 5) is 9.85. The molecule has 0 saturated carbocycles. The highest BCUT2D eigenvalue weighted by atomic mass is 32.1. The van der Waals surface area contributed by atoms with Gasteiger partial charge in [0, 0.05) is 36.8 Å². The summed E-state index contributed by atoms with van der Waals surface area (Å²) in [5.41, 5.74) is 5.26. The van der Waals surface area contributed by atoms with Crippen LogP contribution in [-0.4, -0.2) is 14.5 Å². The van der Waals surface area contributed by atoms with Crippen LogP contribution in [0.2, 0.25) is 0 Å². The highest BCUT2D eigenvalue weighted by molar-refractivity contribution is 7.26. The Kier molecular flexibility index (Phi) is 3.93. The standard InChI is InChI=1S/C34H19N3S/c1-2-8-20(9-3-1)34-35-19-28-33(36-34)25-10-4-5-13-27(25)37(28)21-16-17-22-23-11-6-14-29-31(23)32-24(26(22)18-21)12-7-15-30(32)38-29/h1-19H. The second kappa shape index (κ2) is 7.37. The number of nitrogens with zero attached hydrogens (tertiary/aromatic N) is 3. The second-order valence-corrected chi connectivity index (χ2v) is 10.9. The number of hydrogen-bond acceptors (Lipinski definition) is 3. The molecule has 0 fully saturated rings. The van der Waals surface area contributed by atoms with E-state index in [1.54, 1.807) is 0 Å². The van der Waals surface area contributed by atoms with Crippen LogP contribution in [0.5, 0.6) is 0 Å². The van der Waals surface area contributed by atoms with E-state index in [0.29, 0.717) is 0 Å². The van der Waals surface area contributed by atoms with Crippen LogP contribution in [0.4, 0.5) is 0 Å². The summed E-state index contributed by atoms with van der Waals surface area (Å²) >= 11 is 1.88. The number of rotatable bonds is 2. The van der Waals surface area contributed by atoms with Crippen LogP contribution in [0.3, 0.4) is 0 Å². The van der Waals surface area contributed by atoms with Crippen LogP contribution < -0.4 is 0 Å². The van der Waals surface area contributed by atoms with Gasteiger partial charge in [-0.3, -0.25) is 0 Å². The average Bonchev–Trinajstić information content (AvgIpc) is 3.53. The molecule has 0 radical (unpaired) electrons. The summed E-state index contributed by atoms with van der Waals surface area (Å²) in [5.74, 6) is 0.746. The number of aromatic nitrogens is 3. The van der Waals surface area contributed by atoms with E-state index in [0.717, 1.165) is 39.0 Å². The molecule has 3 nitrogen and oxygen atoms in total. The predicted octanol–water partition coefficient (Wildman–Crippen LogP) is 9.35. The van der Waals surface area contributed by atoms with Gasteiger partial charge in [-0.1, -0.05) is 78.9 Å². The number of para-hydroxylation sites is 1. The first kappa shape index (κ1) is 20.3. The Morgan fingerprint density at radius 3 is 2.08 bits per heavy atom. The number of benzene rings is 6. The lowest BCUT2D eigenvalue weighted by Gasteiger charge is -2.13. The summed E-state index contributed by atoms with van der Waals surface area (Å²) < 4.78 is 5.01. The maximum atomic E-state index is 5.06. The van der Waals surface area contributed by atoms with E-state index in [2.05, 4.69) is 95.6 Å². The van der Waals surface area contributed by atoms with E-state index < -0.39 is 0 Å². The molecule has 0 spiro atoms. The van der Waals surface area contributed by atoms with Crippen LogP contribution >= 0.6 is 11.3 Å². The fourth-order valence-electron chi connectivity index (χ4n) is 6.18. The van der Waals surface area contributed by atoms with Gasteiger partial charge in [-0.15, -0.1) is 11.3 Å². The molecule has 0 aliphatic heterocycles. The van der Waals surface area contributed by atoms with E-state index >= 15 is 0 Å². The fraction of sp³-hybridized carbons (Fsp3) is 0. The Balaban J connectivity index is 1.38. The number of thiophene rings is 1. The SMILES string of the molecule is c1ccc(-c2ncc3c(n2)c2ccccc2n3-c2ccc3c(c2)c2cccc4sc5cccc3c5c42)cc1. The minimum absolute atomic E-state index is 0.746. The van der Waals surface area contributed by atoms with Gasteiger partial charge in [0.05, 0.1) is 17.2 Å². The lowest BCUT2D eigenvalue weighted by atomic mass is 9.94. The third kappa shape index (κ3) is 2.62. The van der Waals surface area contributed by atoms with Crippen molar-refractivity contribution in [2.75, 3.05) is 0 Å². The molecule has 0 amide bonds. The van der Waals surface area contributed by atoms with Crippen LogP contribution in [0, 0.1) is 0 Å². The molecule has 3 heterocycles. The molecule has 9 aromatic rings. The van der Waals surface area contributed by atoms with Crippen molar-refractivity contribution in [3.8, 4) is 17.1 Å². The first-order valence-corrected chi connectivity index (χ1v) is 13.6. The van der Waals surface area contributed by atoms with Crippen LogP contribution in [0.15, 0.2) is 115 Å². The Morgan fingerprint density at radius 1 is 0.553 bits per heavy atom. The van der Waals surface area contributed by atoms with Crippen molar-refractivity contribution < 1.29 is 0 Å². The third-order valence-corrected chi connectivity index (χ3v) is 8.93. The minimum atomic E-state index is 0.746. The van der Waals surface area contributed by atoms with E-state index in [4.69, 9.17) is 9.97 Å². The molecule has 38 heavy (non-hydrogen) atoms. The van der Waals surface area contributed by atoms with Gasteiger partial charge in [0.15, 0.2) is 5.82 Å². The monoisotopic (exact) mass is 501 g/mol. The van der Waals surface area contributed by atoms with Crippen molar-refractivity contribution in [3.05, 3.63) is 115 Å². The minimum Gasteiger partial charge on any atom is -0.306 e. The van der Waals surface area contributed by atoms with E-state index in [1.807, 2.05) is 35.7 Å². The first-order valence-electron chi connectivity index (χ1n) is 12.8. The summed E-state index contributed by atoms with van der Waals surface area (Å²) in [6.07, 6.45) is 1.97. The van der Waals surface area contributed by atoms with Gasteiger partial charge in [-0.05, 0) is 51.9 Å². The summed E-state index contributed by atoms with van der Waals surface area (Å²) in [7, 11) is 0. The molecule has 0 unspecified atom stereocenters. The molecule has 6 aromatic carbocycles. The maximum Gasteiger partial charge on any atom is 0.159 e. The van der Waals surface area contributed by atoms with Gasteiger partial charge in [0.1, 0.15) is 5.52 Å². The molecule has 176 valence electrons. The highest BCUT2D eigenvalue weighted by Gasteiger charge is 2.18. The highest BCUT2D eigenvalue weighted by Crippen LogP contribution is 2.45. The van der Waals surface area contributed by atoms with E-state index in [9.17, 15) is 0 Å². The molecule has 9 rings (SSSR count). The average molecular weight is 502 g/mol. The van der Waals surface area contributed by atoms with Crippen molar-refractivity contribution in [2.45, 2.75) is 0 Å². The van der Waals surface area contributed by atoms with Gasteiger partial charge in [-0.2, -0.15) is 0 Å². The van der Waals surface area contributed by atoms with E-state index in [-0.39, 0.29) is 0 Å². The zero-order chi connectivity index (χ0) is 24.8. The number of hydrogen-bond donors (Lipinski definition) is 0. The molecule has 0 atom stereocenters. The second-order valence-electron chi connectivity index (χ2n) is 9.84. The van der Waals surface area contributed by atoms with Crippen LogP contribution in [0.1, 0.15) is 0 Å². The molecule has 0 aliphatic rings. The molecule has 4 heteroatoms. The fourth-order valence-corrected chi connectivity index (χ4v) is 7.34. The summed E-state index contributed by atoms with van der Waals surface area (Å²) in [6.45, 7) is 0. The first-order chi connectivity index (χ1) is 18.8. The molecule has 3 aromatic heterocycles. The third-order valence-electron chi connectivity index (χ3n) is 7.81. The largest absolute Gasteiger partial charge is 0.306 e. The summed E-state index contributed by atoms with van der Waals surface area (Å²) in [5, 5.41) is 9.11. The van der Waals surface area contributed by atoms with Gasteiger partial charge >= 0.3 is 0 Å². The normalized spacial score (nSPS) is 12.2. The van der Waals surface area contributed by atoms with Crippen molar-refractivity contribution in [2.24, 2.45) is 0 Å². The van der Waals surface area contributed by atoms with Crippen LogP contribution in [-0.2, 0) is 0 Å². The maximum absolute atomic E-state index is 5.06. The van der Waals surface area contributed by atoms with Crippen molar-refractivity contribution >= 4 is 75.0 Å². The van der Waals surface area contributed by atoms with Crippen molar-refractivity contribution in [1.29, 1.82) is 0 Å². The Bertz CT molecular complexity index is 2340. The van der Waals surface area contributed by atoms with Gasteiger partial charge in [0.2, 0.25) is 0 Å². The van der Waals surface area contributed by atoms with Gasteiger partial charge in [-0.25, -0.2) is 9.97 Å². The Labute approximate surface area is 221 Å². The topological polar surface area (TPSA) is 30.7 Å². The molecule has 0 N–H and O–H groups in total. The Morgan fingerprint density at radius 2 is 1.26 bits per heavy atom. The molecular formula is C34H19N3S. The van der Waals surface area contributed by atoms with E-state index in [1.165, 1.54) is 41.7 Å². The molecule has 0 bridgehead atoms. The zero-order valence-corrected chi connectivity index (χ0v) is 21.0. The predicted molar refractivity (Wildman–Crippen MR) is 161 cm³/mol.